The second-order valence-electron chi connectivity index (χ2n) is 4.97. The number of aromatic nitrogens is 2. The van der Waals surface area contributed by atoms with Crippen LogP contribution in [0, 0.1) is 12.8 Å². The van der Waals surface area contributed by atoms with Crippen LogP contribution >= 0.6 is 0 Å². The Labute approximate surface area is 93.1 Å². The lowest BCUT2D eigenvalue weighted by molar-refractivity contribution is 0.259. The molecule has 0 amide bonds. The lowest BCUT2D eigenvalue weighted by Crippen LogP contribution is -2.30. The fourth-order valence-electron chi connectivity index (χ4n) is 1.54. The summed E-state index contributed by atoms with van der Waals surface area (Å²) >= 11 is 0. The van der Waals surface area contributed by atoms with E-state index in [0.717, 1.165) is 31.2 Å². The molecule has 0 N–H and O–H groups in total. The van der Waals surface area contributed by atoms with E-state index in [0.29, 0.717) is 0 Å². The molecule has 0 saturated heterocycles. The second kappa shape index (κ2) is 5.31. The van der Waals surface area contributed by atoms with Crippen molar-refractivity contribution in [2.75, 3.05) is 13.6 Å². The van der Waals surface area contributed by atoms with Crippen molar-refractivity contribution in [2.24, 2.45) is 5.92 Å². The van der Waals surface area contributed by atoms with Crippen LogP contribution < -0.4 is 0 Å². The van der Waals surface area contributed by atoms with Gasteiger partial charge in [0.05, 0.1) is 17.9 Å². The third kappa shape index (κ3) is 4.04. The highest BCUT2D eigenvalue weighted by Crippen LogP contribution is 2.10. The Balaban J connectivity index is 0.000000245. The van der Waals surface area contributed by atoms with Gasteiger partial charge in [0.25, 0.3) is 0 Å². The van der Waals surface area contributed by atoms with Crippen LogP contribution in [0.25, 0.3) is 0 Å². The van der Waals surface area contributed by atoms with E-state index < -0.39 is 0 Å². The molecular formula is C12H23N3. The van der Waals surface area contributed by atoms with Crippen LogP contribution in [0.1, 0.15) is 32.2 Å². The summed E-state index contributed by atoms with van der Waals surface area (Å²) in [5.74, 6) is 0.833. The molecule has 1 aromatic rings. The number of hydrogen-bond donors (Lipinski definition) is 0. The quantitative estimate of drug-likeness (QED) is 0.654. The number of nitrogens with zero attached hydrogens (tertiary/aromatic N) is 3. The first-order valence-electron chi connectivity index (χ1n) is 5.71. The predicted octanol–water partition coefficient (Wildman–Crippen LogP) is 2.30. The molecule has 1 aliphatic heterocycles. The van der Waals surface area contributed by atoms with E-state index in [9.17, 15) is 0 Å². The van der Waals surface area contributed by atoms with Crippen molar-refractivity contribution in [1.29, 1.82) is 0 Å². The third-order valence-electron chi connectivity index (χ3n) is 2.11. The van der Waals surface area contributed by atoms with E-state index in [2.05, 4.69) is 48.6 Å². The van der Waals surface area contributed by atoms with Gasteiger partial charge in [0.2, 0.25) is 0 Å². The van der Waals surface area contributed by atoms with E-state index in [4.69, 9.17) is 0 Å². The molecule has 0 unspecified atom stereocenters. The topological polar surface area (TPSA) is 21.1 Å². The van der Waals surface area contributed by atoms with Crippen LogP contribution in [0.15, 0.2) is 6.07 Å². The van der Waals surface area contributed by atoms with Gasteiger partial charge in [-0.15, -0.1) is 0 Å². The minimum atomic E-state index is 0.833. The fourth-order valence-corrected chi connectivity index (χ4v) is 1.54. The van der Waals surface area contributed by atoms with Gasteiger partial charge in [0, 0.05) is 13.1 Å². The molecular weight excluding hydrogens is 186 g/mol. The van der Waals surface area contributed by atoms with Gasteiger partial charge >= 0.3 is 0 Å². The number of hydrogen-bond acceptors (Lipinski definition) is 2. The SMILES string of the molecule is CC(C)C.Cc1cc2n(n1)CCN(C)C2. The Kier molecular flexibility index (Phi) is 4.33. The first-order valence-corrected chi connectivity index (χ1v) is 5.71. The van der Waals surface area contributed by atoms with Gasteiger partial charge in [0.1, 0.15) is 0 Å². The summed E-state index contributed by atoms with van der Waals surface area (Å²) in [6.07, 6.45) is 0. The van der Waals surface area contributed by atoms with Crippen LogP contribution in [-0.4, -0.2) is 28.3 Å². The smallest absolute Gasteiger partial charge is 0.0597 e. The molecule has 3 heteroatoms. The summed E-state index contributed by atoms with van der Waals surface area (Å²) in [7, 11) is 2.14. The van der Waals surface area contributed by atoms with Crippen LogP contribution in [-0.2, 0) is 13.1 Å². The molecule has 0 saturated carbocycles. The lowest BCUT2D eigenvalue weighted by atomic mass is 10.3. The normalized spacial score (nSPS) is 15.9. The zero-order chi connectivity index (χ0) is 11.4. The fraction of sp³-hybridized carbons (Fsp3) is 0.750. The van der Waals surface area contributed by atoms with Crippen molar-refractivity contribution in [3.63, 3.8) is 0 Å². The first kappa shape index (κ1) is 12.2. The highest BCUT2D eigenvalue weighted by molar-refractivity contribution is 5.09. The molecule has 86 valence electrons. The average molecular weight is 209 g/mol. The molecule has 0 radical (unpaired) electrons. The summed E-state index contributed by atoms with van der Waals surface area (Å²) in [6, 6.07) is 2.16. The van der Waals surface area contributed by atoms with Gasteiger partial charge in [0.15, 0.2) is 0 Å². The molecule has 15 heavy (non-hydrogen) atoms. The van der Waals surface area contributed by atoms with E-state index >= 15 is 0 Å². The Morgan fingerprint density at radius 2 is 1.87 bits per heavy atom. The van der Waals surface area contributed by atoms with Crippen LogP contribution in [0.5, 0.6) is 0 Å². The summed E-state index contributed by atoms with van der Waals surface area (Å²) in [5.41, 5.74) is 2.48. The maximum absolute atomic E-state index is 4.38. The summed E-state index contributed by atoms with van der Waals surface area (Å²) in [5, 5.41) is 4.38. The predicted molar refractivity (Wildman–Crippen MR) is 63.8 cm³/mol. The van der Waals surface area contributed by atoms with E-state index in [1.807, 2.05) is 6.92 Å². The third-order valence-corrected chi connectivity index (χ3v) is 2.11. The minimum absolute atomic E-state index is 0.833. The van der Waals surface area contributed by atoms with E-state index in [-0.39, 0.29) is 0 Å². The number of rotatable bonds is 0. The van der Waals surface area contributed by atoms with Crippen LogP contribution in [0.2, 0.25) is 0 Å². The molecule has 0 aliphatic carbocycles. The number of fused-ring (bicyclic) bond motifs is 1. The van der Waals surface area contributed by atoms with Gasteiger partial charge < -0.3 is 0 Å². The maximum atomic E-state index is 4.38. The molecule has 1 aliphatic rings. The molecule has 2 heterocycles. The monoisotopic (exact) mass is 209 g/mol. The molecule has 0 atom stereocenters. The highest BCUT2D eigenvalue weighted by atomic mass is 15.3. The molecule has 1 aromatic heterocycles. The average Bonchev–Trinajstić information content (AvgIpc) is 2.42. The van der Waals surface area contributed by atoms with Crippen molar-refractivity contribution in [1.82, 2.24) is 14.7 Å². The summed E-state index contributed by atoms with van der Waals surface area (Å²) in [4.78, 5) is 2.32. The first-order chi connectivity index (χ1) is 6.99. The van der Waals surface area contributed by atoms with E-state index in [1.54, 1.807) is 0 Å². The Hall–Kier alpha value is -0.830. The number of likely N-dealkylation sites (N-methyl/N-ethyl adjacent to an activating group) is 1. The molecule has 0 fully saturated rings. The van der Waals surface area contributed by atoms with Gasteiger partial charge in [-0.2, -0.15) is 5.10 Å². The summed E-state index contributed by atoms with van der Waals surface area (Å²) in [6.45, 7) is 11.7. The van der Waals surface area contributed by atoms with Gasteiger partial charge in [-0.25, -0.2) is 0 Å². The van der Waals surface area contributed by atoms with E-state index in [1.165, 1.54) is 5.69 Å². The van der Waals surface area contributed by atoms with Crippen molar-refractivity contribution >= 4 is 0 Å². The Morgan fingerprint density at radius 1 is 1.27 bits per heavy atom. The maximum Gasteiger partial charge on any atom is 0.0597 e. The van der Waals surface area contributed by atoms with Gasteiger partial charge in [-0.05, 0) is 26.0 Å². The van der Waals surface area contributed by atoms with Crippen molar-refractivity contribution in [3.05, 3.63) is 17.5 Å². The molecule has 0 bridgehead atoms. The molecule has 0 spiro atoms. The standard InChI is InChI=1S/C8H13N3.C4H10/c1-7-5-8-6-10(2)3-4-11(8)9-7;1-4(2)3/h5H,3-4,6H2,1-2H3;4H,1-3H3. The largest absolute Gasteiger partial charge is 0.299 e. The Morgan fingerprint density at radius 3 is 2.47 bits per heavy atom. The Bertz CT molecular complexity index is 299. The minimum Gasteiger partial charge on any atom is -0.299 e. The van der Waals surface area contributed by atoms with Crippen molar-refractivity contribution < 1.29 is 0 Å². The second-order valence-corrected chi connectivity index (χ2v) is 4.97. The van der Waals surface area contributed by atoms with Crippen molar-refractivity contribution in [3.8, 4) is 0 Å². The zero-order valence-electron chi connectivity index (χ0n) is 10.6. The van der Waals surface area contributed by atoms with Crippen LogP contribution in [0.4, 0.5) is 0 Å². The van der Waals surface area contributed by atoms with Gasteiger partial charge in [-0.3, -0.25) is 9.58 Å². The molecule has 2 rings (SSSR count). The van der Waals surface area contributed by atoms with Crippen molar-refractivity contribution in [2.45, 2.75) is 40.8 Å². The van der Waals surface area contributed by atoms with Crippen LogP contribution in [0.3, 0.4) is 0 Å². The lowest BCUT2D eigenvalue weighted by Gasteiger charge is -2.22. The number of aryl methyl sites for hydroxylation is 1. The molecule has 0 aromatic carbocycles. The highest BCUT2D eigenvalue weighted by Gasteiger charge is 2.13. The van der Waals surface area contributed by atoms with Gasteiger partial charge in [-0.1, -0.05) is 20.8 Å². The summed E-state index contributed by atoms with van der Waals surface area (Å²) < 4.78 is 2.11. The zero-order valence-corrected chi connectivity index (χ0v) is 10.6. The molecule has 3 nitrogen and oxygen atoms in total.